The normalized spacial score (nSPS) is 15.7. The van der Waals surface area contributed by atoms with Crippen LogP contribution < -0.4 is 4.72 Å². The fraction of sp³-hybridized carbons (Fsp3) is 0.391. The van der Waals surface area contributed by atoms with Crippen molar-refractivity contribution >= 4 is 21.7 Å². The van der Waals surface area contributed by atoms with E-state index in [-0.39, 0.29) is 29.4 Å². The Balaban J connectivity index is 1.58. The number of carbonyl (C=O) groups excluding carboxylic acids is 2. The Hall–Kier alpha value is -2.58. The minimum absolute atomic E-state index is 0.0127. The summed E-state index contributed by atoms with van der Waals surface area (Å²) in [7, 11) is -3.78. The number of hydrogen-bond acceptors (Lipinski definition) is 4. The summed E-state index contributed by atoms with van der Waals surface area (Å²) in [6, 6.07) is 11.3. The second kappa shape index (κ2) is 8.88. The minimum atomic E-state index is -3.78. The van der Waals surface area contributed by atoms with Crippen LogP contribution in [-0.4, -0.2) is 44.1 Å². The number of nitrogens with zero attached hydrogens (tertiary/aromatic N) is 1. The number of benzene rings is 2. The molecule has 0 radical (unpaired) electrons. The first-order valence-corrected chi connectivity index (χ1v) is 11.7. The smallest absolute Gasteiger partial charge is 0.294 e. The summed E-state index contributed by atoms with van der Waals surface area (Å²) >= 11 is 0. The van der Waals surface area contributed by atoms with E-state index in [0.717, 1.165) is 17.7 Å². The third kappa shape index (κ3) is 5.57. The molecule has 1 heterocycles. The summed E-state index contributed by atoms with van der Waals surface area (Å²) in [5.74, 6) is -1.65. The van der Waals surface area contributed by atoms with E-state index in [0.29, 0.717) is 18.4 Å². The topological polar surface area (TPSA) is 83.6 Å². The third-order valence-corrected chi connectivity index (χ3v) is 6.97. The van der Waals surface area contributed by atoms with Crippen LogP contribution in [-0.2, 0) is 20.2 Å². The molecule has 2 aromatic rings. The van der Waals surface area contributed by atoms with Gasteiger partial charge in [0, 0.05) is 24.7 Å². The van der Waals surface area contributed by atoms with Gasteiger partial charge >= 0.3 is 0 Å². The van der Waals surface area contributed by atoms with Gasteiger partial charge in [-0.05, 0) is 48.1 Å². The van der Waals surface area contributed by atoms with Crippen LogP contribution in [0.3, 0.4) is 0 Å². The predicted octanol–water partition coefficient (Wildman–Crippen LogP) is 3.28. The highest BCUT2D eigenvalue weighted by atomic mass is 32.2. The molecule has 6 nitrogen and oxygen atoms in total. The first-order valence-electron chi connectivity index (χ1n) is 10.2. The lowest BCUT2D eigenvalue weighted by molar-refractivity contribution is -0.127. The molecule has 8 heteroatoms. The van der Waals surface area contributed by atoms with Gasteiger partial charge in [-0.1, -0.05) is 45.0 Å². The molecule has 3 rings (SSSR count). The Bertz CT molecular complexity index is 1050. The lowest BCUT2D eigenvalue weighted by atomic mass is 9.86. The van der Waals surface area contributed by atoms with E-state index in [4.69, 9.17) is 0 Å². The second-order valence-electron chi connectivity index (χ2n) is 8.80. The number of amides is 1. The summed E-state index contributed by atoms with van der Waals surface area (Å²) in [6.07, 6.45) is 0.783. The number of likely N-dealkylation sites (tertiary alicyclic amines) is 1. The van der Waals surface area contributed by atoms with Gasteiger partial charge in [-0.3, -0.25) is 9.59 Å². The number of Topliss-reactive ketones (excluding diaryl/α,β-unsaturated/α-hetero) is 1. The number of halogens is 1. The Morgan fingerprint density at radius 2 is 1.52 bits per heavy atom. The summed E-state index contributed by atoms with van der Waals surface area (Å²) in [6.45, 7) is 6.78. The molecular weight excluding hydrogens is 419 g/mol. The number of carbonyl (C=O) groups is 2. The zero-order valence-corrected chi connectivity index (χ0v) is 18.7. The van der Waals surface area contributed by atoms with Crippen LogP contribution in [0.25, 0.3) is 0 Å². The van der Waals surface area contributed by atoms with Crippen molar-refractivity contribution in [1.29, 1.82) is 0 Å². The van der Waals surface area contributed by atoms with E-state index >= 15 is 0 Å². The van der Waals surface area contributed by atoms with Gasteiger partial charge in [0.15, 0.2) is 0 Å². The van der Waals surface area contributed by atoms with Crippen molar-refractivity contribution in [1.82, 2.24) is 9.62 Å². The van der Waals surface area contributed by atoms with Gasteiger partial charge < -0.3 is 4.90 Å². The van der Waals surface area contributed by atoms with Crippen LogP contribution in [0, 0.1) is 5.82 Å². The summed E-state index contributed by atoms with van der Waals surface area (Å²) < 4.78 is 40.5. The highest BCUT2D eigenvalue weighted by Crippen LogP contribution is 2.23. The molecule has 1 amide bonds. The Morgan fingerprint density at radius 3 is 2.03 bits per heavy atom. The maximum Gasteiger partial charge on any atom is 0.294 e. The SMILES string of the molecule is CC(C)(C)c1ccc(C(=O)C(=O)N2CCC(NS(=O)(=O)c3ccc(F)cc3)CC2)cc1. The molecule has 0 atom stereocenters. The molecule has 0 bridgehead atoms. The van der Waals surface area contributed by atoms with E-state index in [1.165, 1.54) is 17.0 Å². The highest BCUT2D eigenvalue weighted by molar-refractivity contribution is 7.89. The third-order valence-electron chi connectivity index (χ3n) is 5.44. The Labute approximate surface area is 182 Å². The largest absolute Gasteiger partial charge is 0.336 e. The van der Waals surface area contributed by atoms with E-state index < -0.39 is 27.5 Å². The van der Waals surface area contributed by atoms with Gasteiger partial charge in [0.2, 0.25) is 15.8 Å². The van der Waals surface area contributed by atoms with Gasteiger partial charge in [-0.15, -0.1) is 0 Å². The number of hydrogen-bond donors (Lipinski definition) is 1. The molecule has 0 aromatic heterocycles. The maximum atomic E-state index is 13.0. The van der Waals surface area contributed by atoms with Crippen molar-refractivity contribution in [2.75, 3.05) is 13.1 Å². The maximum absolute atomic E-state index is 13.0. The Morgan fingerprint density at radius 1 is 0.968 bits per heavy atom. The molecule has 1 N–H and O–H groups in total. The lowest BCUT2D eigenvalue weighted by Crippen LogP contribution is -2.48. The first-order chi connectivity index (χ1) is 14.5. The molecule has 0 saturated carbocycles. The molecular formula is C23H27FN2O4S. The quantitative estimate of drug-likeness (QED) is 0.564. The lowest BCUT2D eigenvalue weighted by Gasteiger charge is -2.31. The van der Waals surface area contributed by atoms with Crippen molar-refractivity contribution in [2.45, 2.75) is 50.0 Å². The van der Waals surface area contributed by atoms with Crippen molar-refractivity contribution in [3.63, 3.8) is 0 Å². The molecule has 0 spiro atoms. The van der Waals surface area contributed by atoms with Crippen LogP contribution in [0.15, 0.2) is 53.4 Å². The van der Waals surface area contributed by atoms with E-state index in [9.17, 15) is 22.4 Å². The van der Waals surface area contributed by atoms with Gasteiger partial charge in [0.25, 0.3) is 5.91 Å². The van der Waals surface area contributed by atoms with E-state index in [2.05, 4.69) is 25.5 Å². The van der Waals surface area contributed by atoms with Gasteiger partial charge in [0.1, 0.15) is 5.82 Å². The zero-order valence-electron chi connectivity index (χ0n) is 17.9. The van der Waals surface area contributed by atoms with Crippen molar-refractivity contribution in [3.05, 3.63) is 65.5 Å². The average Bonchev–Trinajstić information content (AvgIpc) is 2.73. The van der Waals surface area contributed by atoms with Crippen molar-refractivity contribution in [2.24, 2.45) is 0 Å². The summed E-state index contributed by atoms with van der Waals surface area (Å²) in [5.41, 5.74) is 1.37. The van der Waals surface area contributed by atoms with Gasteiger partial charge in [0.05, 0.1) is 4.90 Å². The summed E-state index contributed by atoms with van der Waals surface area (Å²) in [5, 5.41) is 0. The van der Waals surface area contributed by atoms with Crippen LogP contribution in [0.5, 0.6) is 0 Å². The Kier molecular flexibility index (Phi) is 6.62. The molecule has 1 aliphatic rings. The van der Waals surface area contributed by atoms with Crippen LogP contribution in [0.4, 0.5) is 4.39 Å². The highest BCUT2D eigenvalue weighted by Gasteiger charge is 2.30. The molecule has 0 unspecified atom stereocenters. The van der Waals surface area contributed by atoms with Crippen molar-refractivity contribution in [3.8, 4) is 0 Å². The van der Waals surface area contributed by atoms with Crippen LogP contribution in [0.1, 0.15) is 49.5 Å². The molecule has 166 valence electrons. The van der Waals surface area contributed by atoms with Gasteiger partial charge in [-0.25, -0.2) is 17.5 Å². The number of ketones is 1. The number of nitrogens with one attached hydrogen (secondary N) is 1. The molecule has 2 aromatic carbocycles. The first kappa shape index (κ1) is 23.1. The number of sulfonamides is 1. The van der Waals surface area contributed by atoms with Crippen molar-refractivity contribution < 1.29 is 22.4 Å². The van der Waals surface area contributed by atoms with E-state index in [1.807, 2.05) is 12.1 Å². The van der Waals surface area contributed by atoms with Crippen LogP contribution in [0.2, 0.25) is 0 Å². The molecule has 0 aliphatic carbocycles. The minimum Gasteiger partial charge on any atom is -0.336 e. The fourth-order valence-corrected chi connectivity index (χ4v) is 4.80. The fourth-order valence-electron chi connectivity index (χ4n) is 3.49. The average molecular weight is 447 g/mol. The molecule has 1 saturated heterocycles. The molecule has 1 aliphatic heterocycles. The predicted molar refractivity (Wildman–Crippen MR) is 116 cm³/mol. The van der Waals surface area contributed by atoms with Crippen LogP contribution >= 0.6 is 0 Å². The number of piperidine rings is 1. The molecule has 1 fully saturated rings. The monoisotopic (exact) mass is 446 g/mol. The molecule has 31 heavy (non-hydrogen) atoms. The zero-order chi connectivity index (χ0) is 22.8. The second-order valence-corrected chi connectivity index (χ2v) is 10.5. The van der Waals surface area contributed by atoms with E-state index in [1.54, 1.807) is 12.1 Å². The standard InChI is InChI=1S/C23H27FN2O4S/c1-23(2,3)17-6-4-16(5-7-17)21(27)22(28)26-14-12-19(13-15-26)25-31(29,30)20-10-8-18(24)9-11-20/h4-11,19,25H,12-15H2,1-3H3. The number of rotatable bonds is 5. The van der Waals surface area contributed by atoms with Gasteiger partial charge in [-0.2, -0.15) is 0 Å². The summed E-state index contributed by atoms with van der Waals surface area (Å²) in [4.78, 5) is 26.7.